The van der Waals surface area contributed by atoms with Crippen LogP contribution in [-0.2, 0) is 18.3 Å². The Labute approximate surface area is 146 Å². The second-order valence-corrected chi connectivity index (χ2v) is 6.50. The molecule has 0 bridgehead atoms. The van der Waals surface area contributed by atoms with E-state index in [1.807, 2.05) is 0 Å². The molecule has 0 radical (unpaired) electrons. The van der Waals surface area contributed by atoms with E-state index in [4.69, 9.17) is 0 Å². The van der Waals surface area contributed by atoms with Crippen LogP contribution in [0, 0.1) is 6.92 Å². The minimum absolute atomic E-state index is 0.161. The number of hydrogen-bond donors (Lipinski definition) is 2. The average Bonchev–Trinajstić information content (AvgIpc) is 2.93. The van der Waals surface area contributed by atoms with Gasteiger partial charge in [0.1, 0.15) is 16.9 Å². The molecular weight excluding hydrogens is 349 g/mol. The maximum Gasteiger partial charge on any atom is 0.416 e. The Bertz CT molecular complexity index is 1020. The summed E-state index contributed by atoms with van der Waals surface area (Å²) in [6.45, 7) is 4.66. The van der Waals surface area contributed by atoms with Crippen LogP contribution < -0.4 is 5.56 Å². The lowest BCUT2D eigenvalue weighted by molar-refractivity contribution is -0.137. The van der Waals surface area contributed by atoms with Crippen LogP contribution in [0.4, 0.5) is 13.2 Å². The molecule has 6 nitrogen and oxygen atoms in total. The highest BCUT2D eigenvalue weighted by molar-refractivity contribution is 5.77. The van der Waals surface area contributed by atoms with E-state index < -0.39 is 29.4 Å². The molecule has 9 heteroatoms. The average molecular weight is 366 g/mol. The Morgan fingerprint density at radius 2 is 1.73 bits per heavy atom. The molecule has 3 aromatic rings. The third kappa shape index (κ3) is 2.88. The summed E-state index contributed by atoms with van der Waals surface area (Å²) in [6, 6.07) is 4.74. The van der Waals surface area contributed by atoms with E-state index in [0.717, 1.165) is 12.1 Å². The fourth-order valence-electron chi connectivity index (χ4n) is 2.89. The number of hydrogen-bond acceptors (Lipinski definition) is 4. The summed E-state index contributed by atoms with van der Waals surface area (Å²) in [4.78, 5) is 19.1. The van der Waals surface area contributed by atoms with Gasteiger partial charge in [0.15, 0.2) is 5.65 Å². The normalized spacial score (nSPS) is 12.7. The molecule has 0 spiro atoms. The van der Waals surface area contributed by atoms with E-state index in [-0.39, 0.29) is 16.7 Å². The molecule has 0 amide bonds. The van der Waals surface area contributed by atoms with Crippen molar-refractivity contribution in [2.45, 2.75) is 39.1 Å². The SMILES string of the molecule is Cc1nc2c(c(CO)nn2C(C)(C)c2ccc(C(F)(F)F)cc2)c(=O)[nH]1. The predicted octanol–water partition coefficient (Wildman–Crippen LogP) is 2.72. The van der Waals surface area contributed by atoms with Gasteiger partial charge in [-0.05, 0) is 38.5 Å². The Morgan fingerprint density at radius 3 is 2.27 bits per heavy atom. The fraction of sp³-hybridized carbons (Fsp3) is 0.353. The topological polar surface area (TPSA) is 83.8 Å². The van der Waals surface area contributed by atoms with Crippen LogP contribution in [0.5, 0.6) is 0 Å². The second kappa shape index (κ2) is 5.94. The molecule has 2 aromatic heterocycles. The van der Waals surface area contributed by atoms with Crippen molar-refractivity contribution in [2.24, 2.45) is 0 Å². The number of H-pyrrole nitrogens is 1. The molecular formula is C17H17F3N4O2. The van der Waals surface area contributed by atoms with Gasteiger partial charge in [-0.15, -0.1) is 0 Å². The number of aromatic amines is 1. The second-order valence-electron chi connectivity index (χ2n) is 6.50. The Balaban J connectivity index is 2.20. The zero-order valence-electron chi connectivity index (χ0n) is 14.3. The summed E-state index contributed by atoms with van der Waals surface area (Å²) in [5, 5.41) is 14.0. The van der Waals surface area contributed by atoms with E-state index in [1.165, 1.54) is 16.8 Å². The van der Waals surface area contributed by atoms with Gasteiger partial charge < -0.3 is 10.1 Å². The first-order valence-corrected chi connectivity index (χ1v) is 7.83. The summed E-state index contributed by atoms with van der Waals surface area (Å²) in [7, 11) is 0. The van der Waals surface area contributed by atoms with E-state index >= 15 is 0 Å². The molecule has 26 heavy (non-hydrogen) atoms. The third-order valence-electron chi connectivity index (χ3n) is 4.33. The minimum atomic E-state index is -4.42. The van der Waals surface area contributed by atoms with Crippen molar-refractivity contribution in [3.63, 3.8) is 0 Å². The molecule has 3 rings (SSSR count). The molecule has 2 heterocycles. The third-order valence-corrected chi connectivity index (χ3v) is 4.33. The van der Waals surface area contributed by atoms with E-state index in [2.05, 4.69) is 15.1 Å². The molecule has 0 unspecified atom stereocenters. The van der Waals surface area contributed by atoms with Gasteiger partial charge in [0.05, 0.1) is 17.7 Å². The zero-order chi connectivity index (χ0) is 19.3. The highest BCUT2D eigenvalue weighted by Crippen LogP contribution is 2.33. The first kappa shape index (κ1) is 18.1. The molecule has 0 atom stereocenters. The van der Waals surface area contributed by atoms with Gasteiger partial charge >= 0.3 is 6.18 Å². The van der Waals surface area contributed by atoms with Crippen molar-refractivity contribution in [2.75, 3.05) is 0 Å². The zero-order valence-corrected chi connectivity index (χ0v) is 14.3. The quantitative estimate of drug-likeness (QED) is 0.747. The maximum atomic E-state index is 12.8. The number of nitrogens with zero attached hydrogens (tertiary/aromatic N) is 3. The molecule has 0 fully saturated rings. The van der Waals surface area contributed by atoms with Gasteiger partial charge in [-0.1, -0.05) is 12.1 Å². The smallest absolute Gasteiger partial charge is 0.390 e. The molecule has 2 N–H and O–H groups in total. The number of alkyl halides is 3. The first-order chi connectivity index (χ1) is 12.1. The fourth-order valence-corrected chi connectivity index (χ4v) is 2.89. The molecule has 0 saturated heterocycles. The van der Waals surface area contributed by atoms with E-state index in [9.17, 15) is 23.1 Å². The highest BCUT2D eigenvalue weighted by atomic mass is 19.4. The summed E-state index contributed by atoms with van der Waals surface area (Å²) >= 11 is 0. The number of fused-ring (bicyclic) bond motifs is 1. The molecule has 1 aromatic carbocycles. The number of rotatable bonds is 3. The van der Waals surface area contributed by atoms with Crippen LogP contribution in [0.25, 0.3) is 11.0 Å². The van der Waals surface area contributed by atoms with Crippen LogP contribution >= 0.6 is 0 Å². The summed E-state index contributed by atoms with van der Waals surface area (Å²) in [5.74, 6) is 0.372. The molecule has 0 aliphatic heterocycles. The molecule has 0 aliphatic rings. The van der Waals surface area contributed by atoms with Crippen molar-refractivity contribution < 1.29 is 18.3 Å². The van der Waals surface area contributed by atoms with E-state index in [0.29, 0.717) is 11.4 Å². The number of halogens is 3. The van der Waals surface area contributed by atoms with Crippen molar-refractivity contribution in [1.82, 2.24) is 19.7 Å². The Hall–Kier alpha value is -2.68. The number of aliphatic hydroxyl groups excluding tert-OH is 1. The van der Waals surface area contributed by atoms with Crippen LogP contribution in [0.3, 0.4) is 0 Å². The highest BCUT2D eigenvalue weighted by Gasteiger charge is 2.33. The maximum absolute atomic E-state index is 12.8. The van der Waals surface area contributed by atoms with Gasteiger partial charge in [-0.2, -0.15) is 18.3 Å². The first-order valence-electron chi connectivity index (χ1n) is 7.83. The van der Waals surface area contributed by atoms with E-state index in [1.54, 1.807) is 20.8 Å². The number of benzene rings is 1. The van der Waals surface area contributed by atoms with Crippen LogP contribution in [0.2, 0.25) is 0 Å². The minimum Gasteiger partial charge on any atom is -0.390 e. The number of aryl methyl sites for hydroxylation is 1. The lowest BCUT2D eigenvalue weighted by Gasteiger charge is -2.27. The molecule has 138 valence electrons. The van der Waals surface area contributed by atoms with Gasteiger partial charge in [0.25, 0.3) is 5.56 Å². The van der Waals surface area contributed by atoms with Gasteiger partial charge in [0, 0.05) is 0 Å². The van der Waals surface area contributed by atoms with Crippen molar-refractivity contribution in [1.29, 1.82) is 0 Å². The standard InChI is InChI=1S/C17H17F3N4O2/c1-9-21-14-13(15(26)22-9)12(8-25)23-24(14)16(2,3)10-4-6-11(7-5-10)17(18,19)20/h4-7,25H,8H2,1-3H3,(H,21,22,26). The van der Waals surface area contributed by atoms with Crippen LogP contribution in [0.15, 0.2) is 29.1 Å². The van der Waals surface area contributed by atoms with Crippen molar-refractivity contribution in [3.05, 3.63) is 57.3 Å². The lowest BCUT2D eigenvalue weighted by Crippen LogP contribution is -2.29. The molecule has 0 aliphatic carbocycles. The molecule has 0 saturated carbocycles. The Kier molecular flexibility index (Phi) is 4.14. The van der Waals surface area contributed by atoms with Gasteiger partial charge in [-0.25, -0.2) is 9.67 Å². The summed E-state index contributed by atoms with van der Waals surface area (Å²) in [5.41, 5.74) is -1.09. The van der Waals surface area contributed by atoms with Crippen molar-refractivity contribution >= 4 is 11.0 Å². The number of aromatic nitrogens is 4. The van der Waals surface area contributed by atoms with Crippen LogP contribution in [-0.4, -0.2) is 24.9 Å². The van der Waals surface area contributed by atoms with Gasteiger partial charge in [0.2, 0.25) is 0 Å². The monoisotopic (exact) mass is 366 g/mol. The number of nitrogens with one attached hydrogen (secondary N) is 1. The van der Waals surface area contributed by atoms with Crippen molar-refractivity contribution in [3.8, 4) is 0 Å². The van der Waals surface area contributed by atoms with Crippen LogP contribution in [0.1, 0.15) is 36.5 Å². The summed E-state index contributed by atoms with van der Waals surface area (Å²) < 4.78 is 39.8. The Morgan fingerprint density at radius 1 is 1.15 bits per heavy atom. The predicted molar refractivity (Wildman–Crippen MR) is 88.7 cm³/mol. The van der Waals surface area contributed by atoms with Gasteiger partial charge in [-0.3, -0.25) is 4.79 Å². The summed E-state index contributed by atoms with van der Waals surface area (Å²) in [6.07, 6.45) is -4.42. The largest absolute Gasteiger partial charge is 0.416 e. The lowest BCUT2D eigenvalue weighted by atomic mass is 9.93. The number of aliphatic hydroxyl groups is 1.